The third kappa shape index (κ3) is 2.30. The highest BCUT2D eigenvalue weighted by molar-refractivity contribution is 8.14. The molecule has 0 radical (unpaired) electrons. The van der Waals surface area contributed by atoms with E-state index in [0.717, 1.165) is 5.17 Å². The summed E-state index contributed by atoms with van der Waals surface area (Å²) in [7, 11) is 3.77. The number of nitrogens with zero attached hydrogens (tertiary/aromatic N) is 2. The van der Waals surface area contributed by atoms with Crippen molar-refractivity contribution in [1.29, 1.82) is 0 Å². The molecule has 0 unspecified atom stereocenters. The maximum atomic E-state index is 10.0. The molecule has 0 aliphatic carbocycles. The van der Waals surface area contributed by atoms with E-state index in [1.807, 2.05) is 19.0 Å². The van der Waals surface area contributed by atoms with Crippen molar-refractivity contribution >= 4 is 16.9 Å². The van der Waals surface area contributed by atoms with Crippen LogP contribution < -0.4 is 5.73 Å². The van der Waals surface area contributed by atoms with Crippen LogP contribution >= 0.6 is 11.8 Å². The Morgan fingerprint density at radius 3 is 2.59 bits per heavy atom. The summed E-state index contributed by atoms with van der Waals surface area (Å²) in [4.78, 5) is 6.23. The number of hydrogen-bond acceptors (Lipinski definition) is 7. The van der Waals surface area contributed by atoms with Gasteiger partial charge in [0.1, 0.15) is 29.8 Å². The van der Waals surface area contributed by atoms with Gasteiger partial charge in [0.2, 0.25) is 0 Å². The topological polar surface area (TPSA) is 91.3 Å². The largest absolute Gasteiger partial charge is 0.388 e. The molecule has 0 aromatic carbocycles. The van der Waals surface area contributed by atoms with Crippen molar-refractivity contribution in [2.75, 3.05) is 14.1 Å². The smallest absolute Gasteiger partial charge is 0.161 e. The lowest BCUT2D eigenvalue weighted by Crippen LogP contribution is -2.59. The summed E-state index contributed by atoms with van der Waals surface area (Å²) in [5, 5.41) is 20.8. The van der Waals surface area contributed by atoms with E-state index < -0.39 is 24.4 Å². The second-order valence-corrected chi connectivity index (χ2v) is 5.79. The summed E-state index contributed by atoms with van der Waals surface area (Å²) in [6, 6.07) is -0.744. The Balaban J connectivity index is 2.15. The van der Waals surface area contributed by atoms with Gasteiger partial charge in [-0.25, -0.2) is 0 Å². The fraction of sp³-hybridized carbons (Fsp3) is 0.900. The van der Waals surface area contributed by atoms with Crippen LogP contribution in [0.1, 0.15) is 6.92 Å². The van der Waals surface area contributed by atoms with Crippen LogP contribution in [0, 0.1) is 0 Å². The first-order valence-corrected chi connectivity index (χ1v) is 6.48. The SMILES string of the molecule is C[C@H](N)[C@H]1O[C@@H]2SC(N(C)C)=N[C@@H]2[C@@H](O)[C@@H]1O. The van der Waals surface area contributed by atoms with Crippen LogP contribution in [0.25, 0.3) is 0 Å². The monoisotopic (exact) mass is 261 g/mol. The van der Waals surface area contributed by atoms with Crippen LogP contribution in [0.3, 0.4) is 0 Å². The number of aliphatic imine (C=N–C) groups is 1. The van der Waals surface area contributed by atoms with Crippen LogP contribution in [0.2, 0.25) is 0 Å². The summed E-state index contributed by atoms with van der Waals surface area (Å²) in [5.74, 6) is 0. The minimum atomic E-state index is -0.984. The number of rotatable bonds is 1. The molecule has 0 spiro atoms. The molecule has 17 heavy (non-hydrogen) atoms. The standard InChI is InChI=1S/C10H19N3O3S/c1-4(11)8-7(15)6(14)5-9(16-8)17-10(12-5)13(2)3/h4-9,14-15H,11H2,1-3H3/t4-,5+,6+,7-,8+,9+/m0/s1. The highest BCUT2D eigenvalue weighted by atomic mass is 32.2. The van der Waals surface area contributed by atoms with E-state index in [2.05, 4.69) is 4.99 Å². The van der Waals surface area contributed by atoms with Gasteiger partial charge in [0.15, 0.2) is 5.17 Å². The van der Waals surface area contributed by atoms with E-state index in [4.69, 9.17) is 10.5 Å². The van der Waals surface area contributed by atoms with Crippen molar-refractivity contribution in [3.8, 4) is 0 Å². The van der Waals surface area contributed by atoms with Gasteiger partial charge in [-0.2, -0.15) is 0 Å². The Labute approximate surface area is 105 Å². The van der Waals surface area contributed by atoms with E-state index in [0.29, 0.717) is 0 Å². The van der Waals surface area contributed by atoms with Crippen molar-refractivity contribution in [3.05, 3.63) is 0 Å². The zero-order valence-electron chi connectivity index (χ0n) is 10.1. The van der Waals surface area contributed by atoms with Crippen LogP contribution in [-0.4, -0.2) is 70.2 Å². The quantitative estimate of drug-likeness (QED) is 0.550. The molecule has 0 amide bonds. The molecule has 2 rings (SSSR count). The van der Waals surface area contributed by atoms with Gasteiger partial charge in [-0.05, 0) is 6.92 Å². The van der Waals surface area contributed by atoms with Gasteiger partial charge in [0.25, 0.3) is 0 Å². The van der Waals surface area contributed by atoms with Gasteiger partial charge >= 0.3 is 0 Å². The average molecular weight is 261 g/mol. The fourth-order valence-electron chi connectivity index (χ4n) is 2.03. The van der Waals surface area contributed by atoms with Crippen LogP contribution in [0.15, 0.2) is 4.99 Å². The molecule has 98 valence electrons. The number of nitrogens with two attached hydrogens (primary N) is 1. The molecule has 6 nitrogen and oxygen atoms in total. The Morgan fingerprint density at radius 1 is 1.41 bits per heavy atom. The highest BCUT2D eigenvalue weighted by Crippen LogP contribution is 2.37. The predicted octanol–water partition coefficient (Wildman–Crippen LogP) is -1.19. The van der Waals surface area contributed by atoms with Gasteiger partial charge in [-0.3, -0.25) is 4.99 Å². The first kappa shape index (κ1) is 13.1. The van der Waals surface area contributed by atoms with Gasteiger partial charge in [-0.1, -0.05) is 11.8 Å². The molecule has 2 heterocycles. The summed E-state index contributed by atoms with van der Waals surface area (Å²) >= 11 is 1.46. The predicted molar refractivity (Wildman–Crippen MR) is 66.8 cm³/mol. The van der Waals surface area contributed by atoms with Gasteiger partial charge in [-0.15, -0.1) is 0 Å². The van der Waals surface area contributed by atoms with E-state index >= 15 is 0 Å². The van der Waals surface area contributed by atoms with E-state index in [-0.39, 0.29) is 11.5 Å². The molecule has 2 aliphatic rings. The minimum Gasteiger partial charge on any atom is -0.388 e. The van der Waals surface area contributed by atoms with Crippen LogP contribution in [0.5, 0.6) is 0 Å². The Kier molecular flexibility index (Phi) is 3.65. The molecule has 0 aromatic heterocycles. The van der Waals surface area contributed by atoms with E-state index in [1.54, 1.807) is 6.92 Å². The summed E-state index contributed by atoms with van der Waals surface area (Å²) in [6.45, 7) is 1.76. The van der Waals surface area contributed by atoms with Crippen LogP contribution in [-0.2, 0) is 4.74 Å². The van der Waals surface area contributed by atoms with Crippen LogP contribution in [0.4, 0.5) is 0 Å². The lowest BCUT2D eigenvalue weighted by atomic mass is 9.95. The second kappa shape index (κ2) is 4.74. The van der Waals surface area contributed by atoms with Crippen molar-refractivity contribution in [3.63, 3.8) is 0 Å². The third-order valence-corrected chi connectivity index (χ3v) is 4.29. The molecule has 0 aromatic rings. The number of amidine groups is 1. The maximum absolute atomic E-state index is 10.0. The summed E-state index contributed by atoms with van der Waals surface area (Å²) in [6.07, 6.45) is -2.45. The lowest BCUT2D eigenvalue weighted by molar-refractivity contribution is -0.157. The molecule has 0 bridgehead atoms. The molecule has 0 saturated carbocycles. The number of fused-ring (bicyclic) bond motifs is 1. The molecule has 2 aliphatic heterocycles. The van der Waals surface area contributed by atoms with Crippen molar-refractivity contribution in [2.24, 2.45) is 10.7 Å². The van der Waals surface area contributed by atoms with Crippen molar-refractivity contribution < 1.29 is 14.9 Å². The minimum absolute atomic E-state index is 0.262. The van der Waals surface area contributed by atoms with E-state index in [9.17, 15) is 10.2 Å². The number of aliphatic hydroxyl groups excluding tert-OH is 2. The highest BCUT2D eigenvalue weighted by Gasteiger charge is 2.49. The second-order valence-electron chi connectivity index (χ2n) is 4.72. The van der Waals surface area contributed by atoms with Crippen molar-refractivity contribution in [1.82, 2.24) is 4.90 Å². The molecule has 1 saturated heterocycles. The Bertz CT molecular complexity index is 324. The number of thioether (sulfide) groups is 1. The van der Waals surface area contributed by atoms with Gasteiger partial charge in [0, 0.05) is 20.1 Å². The molecule has 7 heteroatoms. The first-order valence-electron chi connectivity index (χ1n) is 5.60. The van der Waals surface area contributed by atoms with E-state index in [1.165, 1.54) is 11.8 Å². The third-order valence-electron chi connectivity index (χ3n) is 2.99. The molecular weight excluding hydrogens is 242 g/mol. The summed E-state index contributed by atoms with van der Waals surface area (Å²) < 4.78 is 5.72. The molecule has 4 N–H and O–H groups in total. The zero-order chi connectivity index (χ0) is 12.7. The average Bonchev–Trinajstić information content (AvgIpc) is 2.67. The normalized spacial score (nSPS) is 42.9. The Hall–Kier alpha value is -0.340. The lowest BCUT2D eigenvalue weighted by Gasteiger charge is -2.39. The van der Waals surface area contributed by atoms with Gasteiger partial charge in [0.05, 0.1) is 0 Å². The molecule has 1 fully saturated rings. The number of ether oxygens (including phenoxy) is 1. The first-order chi connectivity index (χ1) is 7.91. The maximum Gasteiger partial charge on any atom is 0.161 e. The van der Waals surface area contributed by atoms with Crippen molar-refractivity contribution in [2.45, 2.75) is 42.8 Å². The Morgan fingerprint density at radius 2 is 2.06 bits per heavy atom. The van der Waals surface area contributed by atoms with Gasteiger partial charge < -0.3 is 25.6 Å². The fourth-order valence-corrected chi connectivity index (χ4v) is 3.17. The number of aliphatic hydroxyl groups is 2. The summed E-state index contributed by atoms with van der Waals surface area (Å²) in [5.41, 5.74) is 5.48. The molecular formula is C10H19N3O3S. The zero-order valence-corrected chi connectivity index (χ0v) is 11.0. The molecule has 6 atom stereocenters. The number of hydrogen-bond donors (Lipinski definition) is 3.